The van der Waals surface area contributed by atoms with E-state index in [1.165, 1.54) is 18.5 Å². The van der Waals surface area contributed by atoms with Crippen molar-refractivity contribution in [3.63, 3.8) is 0 Å². The molecule has 2 fully saturated rings. The molecule has 0 radical (unpaired) electrons. The van der Waals surface area contributed by atoms with Gasteiger partial charge in [-0.2, -0.15) is 0 Å². The predicted molar refractivity (Wildman–Crippen MR) is 173 cm³/mol. The number of halogens is 1. The van der Waals surface area contributed by atoms with Crippen molar-refractivity contribution in [2.24, 2.45) is 11.8 Å². The Morgan fingerprint density at radius 1 is 1.00 bits per heavy atom. The highest BCUT2D eigenvalue weighted by atomic mass is 19.1. The van der Waals surface area contributed by atoms with Gasteiger partial charge in [-0.25, -0.2) is 19.2 Å². The average molecular weight is 654 g/mol. The van der Waals surface area contributed by atoms with Crippen molar-refractivity contribution in [2.75, 3.05) is 13.1 Å². The minimum absolute atomic E-state index is 0.108. The molecule has 2 amide bonds. The second-order valence-corrected chi connectivity index (χ2v) is 14.0. The highest BCUT2D eigenvalue weighted by molar-refractivity contribution is 5.96. The molecule has 5 aromatic rings. The molecule has 1 aliphatic carbocycles. The van der Waals surface area contributed by atoms with Gasteiger partial charge in [0.15, 0.2) is 0 Å². The van der Waals surface area contributed by atoms with Crippen molar-refractivity contribution in [3.05, 3.63) is 83.9 Å². The van der Waals surface area contributed by atoms with Crippen molar-refractivity contribution in [3.8, 4) is 28.6 Å². The number of alkyl carbamates (subject to hydrolysis) is 1. The Labute approximate surface area is 276 Å². The molecule has 13 heteroatoms. The van der Waals surface area contributed by atoms with Crippen molar-refractivity contribution in [1.29, 1.82) is 0 Å². The Balaban J connectivity index is 1.09. The summed E-state index contributed by atoms with van der Waals surface area (Å²) in [6.07, 6.45) is 4.18. The van der Waals surface area contributed by atoms with Gasteiger partial charge in [0, 0.05) is 48.9 Å². The number of pyridine rings is 2. The van der Waals surface area contributed by atoms with Gasteiger partial charge in [0.2, 0.25) is 12.3 Å². The monoisotopic (exact) mass is 653 g/mol. The number of nitrogens with zero attached hydrogens (tertiary/aromatic N) is 6. The Morgan fingerprint density at radius 3 is 2.40 bits per heavy atom. The van der Waals surface area contributed by atoms with Gasteiger partial charge in [-0.15, -0.1) is 10.2 Å². The minimum Gasteiger partial charge on any atom is -0.474 e. The zero-order valence-corrected chi connectivity index (χ0v) is 27.5. The van der Waals surface area contributed by atoms with Gasteiger partial charge in [0.25, 0.3) is 11.8 Å². The number of hydrogen-bond donors (Lipinski definition) is 1. The number of piperidine rings is 1. The highest BCUT2D eigenvalue weighted by Gasteiger charge is 2.59. The van der Waals surface area contributed by atoms with Crippen LogP contribution in [0.4, 0.5) is 9.18 Å². The topological polar surface area (TPSA) is 137 Å². The SMILES string of the molecule is Cc1cn2cc(C(=O)N3C[C@@H]4C(Oc5cc(C(C)(C)NC(=O)OC(C)(C)C)cc(-c6ccc(F)cc6)n5)[C@@H]4C3)cc(-c3nnco3)c2n1. The van der Waals surface area contributed by atoms with Crippen LogP contribution in [0.3, 0.4) is 0 Å². The van der Waals surface area contributed by atoms with Crippen LogP contribution in [0.5, 0.6) is 5.88 Å². The first-order valence-electron chi connectivity index (χ1n) is 15.8. The van der Waals surface area contributed by atoms with Crippen LogP contribution in [-0.2, 0) is 10.3 Å². The standard InChI is InChI=1S/C35H36FN7O5/c1-19-14-42-15-21(11-24(30(42)38-19)31-41-37-18-46-31)32(44)43-16-25-26(17-43)29(25)47-28-13-22(35(5,6)40-33(45)48-34(2,3)4)12-27(39-28)20-7-9-23(36)10-8-20/h7-15,18,25-26,29H,16-17H2,1-6H3,(H,40,45)/t25-,26+,29?. The van der Waals surface area contributed by atoms with Crippen LogP contribution in [0.25, 0.3) is 28.4 Å². The molecule has 1 aromatic carbocycles. The highest BCUT2D eigenvalue weighted by Crippen LogP contribution is 2.48. The largest absolute Gasteiger partial charge is 0.474 e. The molecule has 1 aliphatic heterocycles. The van der Waals surface area contributed by atoms with Crippen LogP contribution >= 0.6 is 0 Å². The molecule has 12 nitrogen and oxygen atoms in total. The lowest BCUT2D eigenvalue weighted by atomic mass is 9.93. The van der Waals surface area contributed by atoms with Crippen molar-refractivity contribution >= 4 is 17.6 Å². The molecule has 3 atom stereocenters. The van der Waals surface area contributed by atoms with Crippen LogP contribution in [0.15, 0.2) is 65.7 Å². The van der Waals surface area contributed by atoms with Gasteiger partial charge in [0.05, 0.1) is 28.1 Å². The Hall–Kier alpha value is -5.33. The predicted octanol–water partition coefficient (Wildman–Crippen LogP) is 5.80. The van der Waals surface area contributed by atoms with Crippen LogP contribution in [0.1, 0.15) is 56.2 Å². The summed E-state index contributed by atoms with van der Waals surface area (Å²) in [5.41, 5.74) is 3.01. The first-order valence-corrected chi connectivity index (χ1v) is 15.8. The van der Waals surface area contributed by atoms with Crippen LogP contribution in [0.2, 0.25) is 0 Å². The van der Waals surface area contributed by atoms with E-state index in [0.29, 0.717) is 47.0 Å². The van der Waals surface area contributed by atoms with Gasteiger partial charge < -0.3 is 28.5 Å². The molecular formula is C35H36FN7O5. The summed E-state index contributed by atoms with van der Waals surface area (Å²) in [6, 6.07) is 11.5. The van der Waals surface area contributed by atoms with E-state index in [1.54, 1.807) is 49.6 Å². The smallest absolute Gasteiger partial charge is 0.408 e. The minimum atomic E-state index is -0.851. The van der Waals surface area contributed by atoms with Crippen LogP contribution in [-0.4, -0.2) is 66.3 Å². The fourth-order valence-electron chi connectivity index (χ4n) is 6.25. The lowest BCUT2D eigenvalue weighted by molar-refractivity contribution is 0.0469. The third kappa shape index (κ3) is 6.19. The zero-order chi connectivity index (χ0) is 34.0. The lowest BCUT2D eigenvalue weighted by Crippen LogP contribution is -2.43. The van der Waals surface area contributed by atoms with Gasteiger partial charge >= 0.3 is 6.09 Å². The number of imidazole rings is 1. The summed E-state index contributed by atoms with van der Waals surface area (Å²) >= 11 is 0. The Morgan fingerprint density at radius 2 is 1.73 bits per heavy atom. The zero-order valence-electron chi connectivity index (χ0n) is 27.5. The maximum Gasteiger partial charge on any atom is 0.408 e. The number of amides is 2. The van der Waals surface area contributed by atoms with E-state index in [9.17, 15) is 14.0 Å². The van der Waals surface area contributed by atoms with E-state index in [-0.39, 0.29) is 35.6 Å². The number of ether oxygens (including phenoxy) is 2. The summed E-state index contributed by atoms with van der Waals surface area (Å²) in [5, 5.41) is 10.8. The number of benzene rings is 1. The average Bonchev–Trinajstić information content (AvgIpc) is 3.51. The Kier molecular flexibility index (Phi) is 7.45. The number of carbonyl (C=O) groups excluding carboxylic acids is 2. The molecule has 248 valence electrons. The van der Waals surface area contributed by atoms with E-state index in [2.05, 4.69) is 20.5 Å². The lowest BCUT2D eigenvalue weighted by Gasteiger charge is -2.29. The number of hydrogen-bond acceptors (Lipinski definition) is 9. The first kappa shape index (κ1) is 31.3. The molecule has 1 N–H and O–H groups in total. The van der Waals surface area contributed by atoms with Crippen molar-refractivity contribution in [2.45, 2.75) is 58.8 Å². The van der Waals surface area contributed by atoms with Gasteiger partial charge in [0.1, 0.15) is 23.2 Å². The number of aryl methyl sites for hydroxylation is 1. The fraction of sp³-hybridized carbons (Fsp3) is 0.371. The molecule has 5 heterocycles. The Bertz CT molecular complexity index is 2010. The van der Waals surface area contributed by atoms with E-state index in [0.717, 1.165) is 11.3 Å². The molecule has 1 unspecified atom stereocenters. The van der Waals surface area contributed by atoms with Crippen molar-refractivity contribution in [1.82, 2.24) is 34.8 Å². The number of fused-ring (bicyclic) bond motifs is 2. The van der Waals surface area contributed by atoms with Gasteiger partial charge in [-0.3, -0.25) is 4.79 Å². The summed E-state index contributed by atoms with van der Waals surface area (Å²) in [5.74, 6) is 0.482. The van der Waals surface area contributed by atoms with Gasteiger partial charge in [-0.05, 0) is 83.5 Å². The molecule has 7 rings (SSSR count). The third-order valence-corrected chi connectivity index (χ3v) is 8.65. The molecule has 4 aromatic heterocycles. The number of aromatic nitrogens is 5. The molecule has 1 saturated heterocycles. The number of nitrogens with one attached hydrogen (secondary N) is 1. The molecule has 0 spiro atoms. The summed E-state index contributed by atoms with van der Waals surface area (Å²) in [6.45, 7) is 12.1. The molecular weight excluding hydrogens is 617 g/mol. The normalized spacial score (nSPS) is 18.9. The van der Waals surface area contributed by atoms with Gasteiger partial charge in [-0.1, -0.05) is 0 Å². The van der Waals surface area contributed by atoms with E-state index in [4.69, 9.17) is 18.9 Å². The molecule has 48 heavy (non-hydrogen) atoms. The number of carbonyl (C=O) groups is 2. The van der Waals surface area contributed by atoms with Crippen LogP contribution in [0, 0.1) is 24.6 Å². The maximum absolute atomic E-state index is 13.7. The summed E-state index contributed by atoms with van der Waals surface area (Å²) < 4.78 is 32.9. The fourth-order valence-corrected chi connectivity index (χ4v) is 6.25. The first-order chi connectivity index (χ1) is 22.7. The second kappa shape index (κ2) is 11.4. The van der Waals surface area contributed by atoms with Crippen molar-refractivity contribution < 1.29 is 27.9 Å². The second-order valence-electron chi connectivity index (χ2n) is 14.0. The molecule has 1 saturated carbocycles. The number of rotatable bonds is 7. The third-order valence-electron chi connectivity index (χ3n) is 8.65. The molecule has 0 bridgehead atoms. The molecule has 2 aliphatic rings. The summed E-state index contributed by atoms with van der Waals surface area (Å²) in [4.78, 5) is 37.6. The maximum atomic E-state index is 13.7. The van der Waals surface area contributed by atoms with E-state index < -0.39 is 17.2 Å². The van der Waals surface area contributed by atoms with E-state index >= 15 is 0 Å². The quantitative estimate of drug-likeness (QED) is 0.231. The van der Waals surface area contributed by atoms with E-state index in [1.807, 2.05) is 44.0 Å². The van der Waals surface area contributed by atoms with Crippen LogP contribution < -0.4 is 10.1 Å². The number of likely N-dealkylation sites (tertiary alicyclic amines) is 1. The summed E-state index contributed by atoms with van der Waals surface area (Å²) in [7, 11) is 0.